The number of amides is 1. The Morgan fingerprint density at radius 3 is 2.75 bits per heavy atom. The van der Waals surface area contributed by atoms with E-state index < -0.39 is 0 Å². The topological polar surface area (TPSA) is 46.9 Å². The molecule has 0 fully saturated rings. The monoisotopic (exact) mass is 271 g/mol. The van der Waals surface area contributed by atoms with E-state index in [1.165, 1.54) is 5.56 Å². The summed E-state index contributed by atoms with van der Waals surface area (Å²) < 4.78 is 1.80. The van der Waals surface area contributed by atoms with Crippen molar-refractivity contribution < 1.29 is 4.79 Å². The fraction of sp³-hybridized carbons (Fsp3) is 0.375. The molecule has 4 nitrogen and oxygen atoms in total. The first-order chi connectivity index (χ1) is 9.49. The molecule has 0 aliphatic carbocycles. The number of aromatic nitrogens is 2. The van der Waals surface area contributed by atoms with Gasteiger partial charge < -0.3 is 5.32 Å². The first kappa shape index (κ1) is 14.3. The van der Waals surface area contributed by atoms with Crippen LogP contribution in [0.15, 0.2) is 30.5 Å². The number of aryl methyl sites for hydroxylation is 1. The zero-order valence-corrected chi connectivity index (χ0v) is 12.5. The second-order valence-corrected chi connectivity index (χ2v) is 5.50. The van der Waals surface area contributed by atoms with Crippen molar-refractivity contribution in [3.8, 4) is 5.69 Å². The van der Waals surface area contributed by atoms with Crippen LogP contribution in [0.3, 0.4) is 0 Å². The van der Waals surface area contributed by atoms with Gasteiger partial charge >= 0.3 is 0 Å². The molecular weight excluding hydrogens is 250 g/mol. The first-order valence-corrected chi connectivity index (χ1v) is 6.89. The summed E-state index contributed by atoms with van der Waals surface area (Å²) in [4.78, 5) is 12.1. The predicted molar refractivity (Wildman–Crippen MR) is 80.2 cm³/mol. The maximum atomic E-state index is 12.1. The van der Waals surface area contributed by atoms with E-state index in [0.29, 0.717) is 18.0 Å². The number of rotatable bonds is 4. The fourth-order valence-electron chi connectivity index (χ4n) is 2.04. The summed E-state index contributed by atoms with van der Waals surface area (Å²) in [5.41, 5.74) is 3.64. The van der Waals surface area contributed by atoms with Crippen molar-refractivity contribution in [3.63, 3.8) is 0 Å². The lowest BCUT2D eigenvalue weighted by molar-refractivity contribution is 0.0948. The molecule has 0 spiro atoms. The lowest BCUT2D eigenvalue weighted by atomic mass is 10.2. The largest absolute Gasteiger partial charge is 0.352 e. The van der Waals surface area contributed by atoms with Crippen LogP contribution < -0.4 is 5.32 Å². The van der Waals surface area contributed by atoms with E-state index in [0.717, 1.165) is 11.4 Å². The highest BCUT2D eigenvalue weighted by Gasteiger charge is 2.15. The van der Waals surface area contributed by atoms with Crippen molar-refractivity contribution in [1.29, 1.82) is 0 Å². The van der Waals surface area contributed by atoms with Crippen LogP contribution in [0.25, 0.3) is 5.69 Å². The van der Waals surface area contributed by atoms with Gasteiger partial charge in [0.1, 0.15) is 0 Å². The molecule has 1 heterocycles. The summed E-state index contributed by atoms with van der Waals surface area (Å²) in [6.45, 7) is 8.78. The average Bonchev–Trinajstić information content (AvgIpc) is 2.78. The number of carbonyl (C=O) groups excluding carboxylic acids is 1. The molecule has 0 saturated carbocycles. The zero-order valence-electron chi connectivity index (χ0n) is 12.5. The van der Waals surface area contributed by atoms with Gasteiger partial charge in [-0.1, -0.05) is 26.0 Å². The second kappa shape index (κ2) is 5.90. The van der Waals surface area contributed by atoms with E-state index in [1.807, 2.05) is 32.0 Å². The van der Waals surface area contributed by atoms with E-state index >= 15 is 0 Å². The van der Waals surface area contributed by atoms with Crippen molar-refractivity contribution in [3.05, 3.63) is 47.3 Å². The van der Waals surface area contributed by atoms with E-state index in [-0.39, 0.29) is 5.91 Å². The average molecular weight is 271 g/mol. The van der Waals surface area contributed by atoms with Crippen LogP contribution in [0.4, 0.5) is 0 Å². The Hall–Kier alpha value is -2.10. The Labute approximate surface area is 119 Å². The van der Waals surface area contributed by atoms with Crippen LogP contribution in [-0.2, 0) is 0 Å². The molecule has 2 rings (SSSR count). The summed E-state index contributed by atoms with van der Waals surface area (Å²) >= 11 is 0. The van der Waals surface area contributed by atoms with Gasteiger partial charge in [-0.3, -0.25) is 4.79 Å². The number of hydrogen-bond acceptors (Lipinski definition) is 2. The van der Waals surface area contributed by atoms with E-state index in [9.17, 15) is 4.79 Å². The van der Waals surface area contributed by atoms with Crippen LogP contribution >= 0.6 is 0 Å². The van der Waals surface area contributed by atoms with Gasteiger partial charge in [0.25, 0.3) is 5.91 Å². The van der Waals surface area contributed by atoms with Crippen molar-refractivity contribution in [1.82, 2.24) is 15.1 Å². The number of nitrogens with one attached hydrogen (secondary N) is 1. The number of carbonyl (C=O) groups is 1. The number of hydrogen-bond donors (Lipinski definition) is 1. The van der Waals surface area contributed by atoms with Gasteiger partial charge in [-0.25, -0.2) is 4.68 Å². The molecule has 0 bridgehead atoms. The lowest BCUT2D eigenvalue weighted by Gasteiger charge is -2.08. The van der Waals surface area contributed by atoms with Gasteiger partial charge in [-0.2, -0.15) is 5.10 Å². The highest BCUT2D eigenvalue weighted by Crippen LogP contribution is 2.15. The SMILES string of the molecule is Cc1cccc(-n2ncc(C(=O)NCC(C)C)c2C)c1. The van der Waals surface area contributed by atoms with Crippen LogP contribution in [-0.4, -0.2) is 22.2 Å². The molecule has 0 unspecified atom stereocenters. The van der Waals surface area contributed by atoms with Gasteiger partial charge in [0.15, 0.2) is 0 Å². The highest BCUT2D eigenvalue weighted by molar-refractivity contribution is 5.95. The van der Waals surface area contributed by atoms with Crippen LogP contribution in [0, 0.1) is 19.8 Å². The molecule has 1 N–H and O–H groups in total. The van der Waals surface area contributed by atoms with Gasteiger partial charge in [0, 0.05) is 6.54 Å². The molecule has 2 aromatic rings. The third kappa shape index (κ3) is 3.07. The molecule has 0 atom stereocenters. The molecular formula is C16H21N3O. The Morgan fingerprint density at radius 2 is 2.10 bits per heavy atom. The molecule has 1 aromatic heterocycles. The van der Waals surface area contributed by atoms with Gasteiger partial charge in [-0.05, 0) is 37.5 Å². The minimum absolute atomic E-state index is 0.0601. The van der Waals surface area contributed by atoms with Crippen molar-refractivity contribution in [2.24, 2.45) is 5.92 Å². The minimum Gasteiger partial charge on any atom is -0.352 e. The Morgan fingerprint density at radius 1 is 1.35 bits per heavy atom. The summed E-state index contributed by atoms with van der Waals surface area (Å²) in [5, 5.41) is 7.25. The molecule has 20 heavy (non-hydrogen) atoms. The molecule has 1 aromatic carbocycles. The normalized spacial score (nSPS) is 10.8. The summed E-state index contributed by atoms with van der Waals surface area (Å²) in [7, 11) is 0. The van der Waals surface area contributed by atoms with E-state index in [1.54, 1.807) is 10.9 Å². The van der Waals surface area contributed by atoms with E-state index in [2.05, 4.69) is 30.3 Å². The van der Waals surface area contributed by atoms with Gasteiger partial charge in [0.2, 0.25) is 0 Å². The summed E-state index contributed by atoms with van der Waals surface area (Å²) in [6, 6.07) is 8.07. The van der Waals surface area contributed by atoms with E-state index in [4.69, 9.17) is 0 Å². The zero-order chi connectivity index (χ0) is 14.7. The van der Waals surface area contributed by atoms with Crippen molar-refractivity contribution in [2.45, 2.75) is 27.7 Å². The standard InChI is InChI=1S/C16H21N3O/c1-11(2)9-17-16(20)15-10-18-19(13(15)4)14-7-5-6-12(3)8-14/h5-8,10-11H,9H2,1-4H3,(H,17,20). The van der Waals surface area contributed by atoms with Gasteiger partial charge in [0.05, 0.1) is 23.1 Å². The number of nitrogens with zero attached hydrogens (tertiary/aromatic N) is 2. The lowest BCUT2D eigenvalue weighted by Crippen LogP contribution is -2.27. The smallest absolute Gasteiger partial charge is 0.254 e. The molecule has 106 valence electrons. The summed E-state index contributed by atoms with van der Waals surface area (Å²) in [5.74, 6) is 0.376. The first-order valence-electron chi connectivity index (χ1n) is 6.89. The third-order valence-electron chi connectivity index (χ3n) is 3.17. The van der Waals surface area contributed by atoms with Crippen LogP contribution in [0.2, 0.25) is 0 Å². The second-order valence-electron chi connectivity index (χ2n) is 5.50. The van der Waals surface area contributed by atoms with Gasteiger partial charge in [-0.15, -0.1) is 0 Å². The molecule has 0 aliphatic rings. The number of benzene rings is 1. The molecule has 0 saturated heterocycles. The Bertz CT molecular complexity index is 614. The molecule has 4 heteroatoms. The Kier molecular flexibility index (Phi) is 4.23. The maximum Gasteiger partial charge on any atom is 0.254 e. The van der Waals surface area contributed by atoms with Crippen molar-refractivity contribution in [2.75, 3.05) is 6.54 Å². The van der Waals surface area contributed by atoms with Crippen LogP contribution in [0.1, 0.15) is 35.5 Å². The Balaban J connectivity index is 2.25. The quantitative estimate of drug-likeness (QED) is 0.929. The predicted octanol–water partition coefficient (Wildman–Crippen LogP) is 2.87. The molecule has 0 radical (unpaired) electrons. The fourth-order valence-corrected chi connectivity index (χ4v) is 2.04. The minimum atomic E-state index is -0.0601. The molecule has 0 aliphatic heterocycles. The summed E-state index contributed by atoms with van der Waals surface area (Å²) in [6.07, 6.45) is 1.63. The highest BCUT2D eigenvalue weighted by atomic mass is 16.1. The van der Waals surface area contributed by atoms with Crippen LogP contribution in [0.5, 0.6) is 0 Å². The maximum absolute atomic E-state index is 12.1. The van der Waals surface area contributed by atoms with Crippen molar-refractivity contribution >= 4 is 5.91 Å². The molecule has 1 amide bonds. The third-order valence-corrected chi connectivity index (χ3v) is 3.17.